The normalized spacial score (nSPS) is 17.8. The highest BCUT2D eigenvalue weighted by molar-refractivity contribution is 7.11. The standard InChI is InChI=1S/C30H37N3O3S/c1-3-4-15-31-29(34)24-17-26(33(21(24)2)18-23-13-9-6-10-14-23)25-20-37-30(32-25)27-19-35-28(36-27)16-22-11-7-5-8-12-22/h5,7-8,11-12,17,19-20,23,28H,3-4,6,9-10,13-16,18H2,1-2H3,(H,31,34). The Kier molecular flexibility index (Phi) is 8.29. The Hall–Kier alpha value is -3.06. The molecule has 6 nitrogen and oxygen atoms in total. The first-order valence-corrected chi connectivity index (χ1v) is 14.5. The molecule has 5 rings (SSSR count). The van der Waals surface area contributed by atoms with Gasteiger partial charge in [-0.25, -0.2) is 4.98 Å². The van der Waals surface area contributed by atoms with Crippen LogP contribution in [0.25, 0.3) is 17.1 Å². The lowest BCUT2D eigenvalue weighted by molar-refractivity contribution is -0.0136. The Bertz CT molecular complexity index is 1220. The zero-order valence-corrected chi connectivity index (χ0v) is 22.7. The number of thiazole rings is 1. The third-order valence-corrected chi connectivity index (χ3v) is 8.26. The summed E-state index contributed by atoms with van der Waals surface area (Å²) in [4.78, 5) is 18.0. The van der Waals surface area contributed by atoms with Crippen LogP contribution in [-0.2, 0) is 22.4 Å². The smallest absolute Gasteiger partial charge is 0.253 e. The number of nitrogens with zero attached hydrogens (tertiary/aromatic N) is 2. The van der Waals surface area contributed by atoms with Crippen LogP contribution in [0.3, 0.4) is 0 Å². The van der Waals surface area contributed by atoms with Crippen molar-refractivity contribution in [1.82, 2.24) is 14.9 Å². The van der Waals surface area contributed by atoms with Crippen LogP contribution in [0.5, 0.6) is 0 Å². The zero-order valence-electron chi connectivity index (χ0n) is 21.9. The van der Waals surface area contributed by atoms with Crippen LogP contribution in [0.1, 0.15) is 78.5 Å². The van der Waals surface area contributed by atoms with Gasteiger partial charge in [-0.15, -0.1) is 11.3 Å². The van der Waals surface area contributed by atoms with E-state index in [1.807, 2.05) is 24.3 Å². The topological polar surface area (TPSA) is 65.4 Å². The second-order valence-corrected chi connectivity index (χ2v) is 11.0. The molecule has 1 unspecified atom stereocenters. The molecule has 7 heteroatoms. The lowest BCUT2D eigenvalue weighted by Gasteiger charge is -2.24. The molecule has 2 aromatic heterocycles. The molecule has 3 heterocycles. The number of hydrogen-bond donors (Lipinski definition) is 1. The van der Waals surface area contributed by atoms with Gasteiger partial charge < -0.3 is 19.4 Å². The summed E-state index contributed by atoms with van der Waals surface area (Å²) < 4.78 is 14.2. The maximum atomic E-state index is 13.0. The third-order valence-electron chi connectivity index (χ3n) is 7.40. The van der Waals surface area contributed by atoms with E-state index in [9.17, 15) is 4.79 Å². The van der Waals surface area contributed by atoms with Gasteiger partial charge in [-0.3, -0.25) is 4.79 Å². The molecule has 3 aromatic rings. The molecule has 1 amide bonds. The van der Waals surface area contributed by atoms with E-state index in [0.29, 0.717) is 24.6 Å². The molecule has 0 spiro atoms. The van der Waals surface area contributed by atoms with Crippen LogP contribution in [0, 0.1) is 12.8 Å². The van der Waals surface area contributed by atoms with E-state index >= 15 is 0 Å². The molecule has 196 valence electrons. The number of unbranched alkanes of at least 4 members (excludes halogenated alkanes) is 1. The first-order chi connectivity index (χ1) is 18.1. The molecule has 0 radical (unpaired) electrons. The van der Waals surface area contributed by atoms with Crippen molar-refractivity contribution in [2.24, 2.45) is 5.92 Å². The van der Waals surface area contributed by atoms with Crippen molar-refractivity contribution in [3.63, 3.8) is 0 Å². The van der Waals surface area contributed by atoms with Crippen molar-refractivity contribution in [3.05, 3.63) is 69.9 Å². The van der Waals surface area contributed by atoms with E-state index in [0.717, 1.165) is 47.0 Å². The number of ether oxygens (including phenoxy) is 2. The predicted octanol–water partition coefficient (Wildman–Crippen LogP) is 6.94. The molecule has 1 saturated carbocycles. The van der Waals surface area contributed by atoms with Crippen molar-refractivity contribution in [2.75, 3.05) is 6.54 Å². The van der Waals surface area contributed by atoms with Crippen LogP contribution < -0.4 is 5.32 Å². The maximum absolute atomic E-state index is 13.0. The second-order valence-electron chi connectivity index (χ2n) is 10.1. The first-order valence-electron chi connectivity index (χ1n) is 13.6. The van der Waals surface area contributed by atoms with Gasteiger partial charge in [0.25, 0.3) is 5.91 Å². The Morgan fingerprint density at radius 1 is 1.19 bits per heavy atom. The van der Waals surface area contributed by atoms with Crippen LogP contribution in [0.15, 0.2) is 48.0 Å². The third kappa shape index (κ3) is 6.09. The van der Waals surface area contributed by atoms with E-state index in [-0.39, 0.29) is 12.2 Å². The fourth-order valence-electron chi connectivity index (χ4n) is 5.26. The molecule has 1 N–H and O–H groups in total. The van der Waals surface area contributed by atoms with Gasteiger partial charge in [0, 0.05) is 30.6 Å². The summed E-state index contributed by atoms with van der Waals surface area (Å²) in [6.45, 7) is 5.83. The van der Waals surface area contributed by atoms with E-state index in [2.05, 4.69) is 41.2 Å². The Morgan fingerprint density at radius 3 is 2.78 bits per heavy atom. The quantitative estimate of drug-likeness (QED) is 0.295. The Balaban J connectivity index is 1.36. The lowest BCUT2D eigenvalue weighted by Crippen LogP contribution is -2.25. The molecule has 1 fully saturated rings. The molecule has 1 atom stereocenters. The molecule has 37 heavy (non-hydrogen) atoms. The Labute approximate surface area is 223 Å². The van der Waals surface area contributed by atoms with Gasteiger partial charge in [0.05, 0.1) is 17.0 Å². The van der Waals surface area contributed by atoms with E-state index in [1.54, 1.807) is 17.6 Å². The number of carbonyl (C=O) groups excluding carboxylic acids is 1. The van der Waals surface area contributed by atoms with Crippen molar-refractivity contribution in [2.45, 2.75) is 78.0 Å². The zero-order chi connectivity index (χ0) is 25.6. The van der Waals surface area contributed by atoms with Gasteiger partial charge in [-0.2, -0.15) is 0 Å². The highest BCUT2D eigenvalue weighted by Crippen LogP contribution is 2.35. The molecule has 2 aliphatic rings. The van der Waals surface area contributed by atoms with Gasteiger partial charge in [0.15, 0.2) is 10.8 Å². The molecule has 1 aromatic carbocycles. The number of aromatic nitrogens is 2. The number of carbonyl (C=O) groups is 1. The van der Waals surface area contributed by atoms with Gasteiger partial charge in [-0.1, -0.05) is 62.9 Å². The average Bonchev–Trinajstić information content (AvgIpc) is 3.65. The van der Waals surface area contributed by atoms with Gasteiger partial charge in [-0.05, 0) is 43.7 Å². The molecular formula is C30H37N3O3S. The van der Waals surface area contributed by atoms with Crippen molar-refractivity contribution in [3.8, 4) is 11.4 Å². The Morgan fingerprint density at radius 2 is 2.00 bits per heavy atom. The molecule has 1 aliphatic carbocycles. The number of hydrogen-bond acceptors (Lipinski definition) is 5. The van der Waals surface area contributed by atoms with Crippen LogP contribution in [0.2, 0.25) is 0 Å². The highest BCUT2D eigenvalue weighted by Gasteiger charge is 2.26. The summed E-state index contributed by atoms with van der Waals surface area (Å²) in [5, 5.41) is 5.95. The van der Waals surface area contributed by atoms with Crippen LogP contribution >= 0.6 is 11.3 Å². The SMILES string of the molecule is CCCCNC(=O)c1cc(-c2csc(C3=COC(Cc4ccccc4)O3)n2)n(CC2CCCCC2)c1C. The minimum Gasteiger partial charge on any atom is -0.458 e. The predicted molar refractivity (Wildman–Crippen MR) is 148 cm³/mol. The molecular weight excluding hydrogens is 482 g/mol. The molecule has 0 saturated heterocycles. The number of benzene rings is 1. The summed E-state index contributed by atoms with van der Waals surface area (Å²) >= 11 is 1.55. The van der Waals surface area contributed by atoms with E-state index in [1.165, 1.54) is 37.7 Å². The van der Waals surface area contributed by atoms with Gasteiger partial charge >= 0.3 is 0 Å². The molecule has 0 bridgehead atoms. The van der Waals surface area contributed by atoms with E-state index in [4.69, 9.17) is 14.5 Å². The number of amides is 1. The van der Waals surface area contributed by atoms with Crippen LogP contribution in [0.4, 0.5) is 0 Å². The molecule has 1 aliphatic heterocycles. The lowest BCUT2D eigenvalue weighted by atomic mass is 9.89. The largest absolute Gasteiger partial charge is 0.458 e. The monoisotopic (exact) mass is 519 g/mol. The summed E-state index contributed by atoms with van der Waals surface area (Å²) in [5.74, 6) is 1.31. The number of nitrogens with one attached hydrogen (secondary N) is 1. The summed E-state index contributed by atoms with van der Waals surface area (Å²) in [5.41, 5.74) is 4.82. The summed E-state index contributed by atoms with van der Waals surface area (Å²) in [7, 11) is 0. The summed E-state index contributed by atoms with van der Waals surface area (Å²) in [6, 6.07) is 12.2. The highest BCUT2D eigenvalue weighted by atomic mass is 32.1. The van der Waals surface area contributed by atoms with Crippen molar-refractivity contribution < 1.29 is 14.3 Å². The fourth-order valence-corrected chi connectivity index (χ4v) is 6.02. The van der Waals surface area contributed by atoms with Crippen LogP contribution in [-0.4, -0.2) is 28.3 Å². The minimum absolute atomic E-state index is 0.00374. The van der Waals surface area contributed by atoms with Gasteiger partial charge in [0.1, 0.15) is 6.26 Å². The average molecular weight is 520 g/mol. The second kappa shape index (κ2) is 12.0. The first kappa shape index (κ1) is 25.6. The van der Waals surface area contributed by atoms with Crippen molar-refractivity contribution >= 4 is 23.0 Å². The number of rotatable bonds is 10. The van der Waals surface area contributed by atoms with Gasteiger partial charge in [0.2, 0.25) is 6.29 Å². The maximum Gasteiger partial charge on any atom is 0.253 e. The minimum atomic E-state index is -0.347. The van der Waals surface area contributed by atoms with E-state index < -0.39 is 0 Å². The van der Waals surface area contributed by atoms with Crippen molar-refractivity contribution in [1.29, 1.82) is 0 Å². The summed E-state index contributed by atoms with van der Waals surface area (Å²) in [6.07, 6.45) is 10.5. The fraction of sp³-hybridized carbons (Fsp3) is 0.467.